The first-order valence-electron chi connectivity index (χ1n) is 10.3. The highest BCUT2D eigenvalue weighted by Crippen LogP contribution is 2.24. The summed E-state index contributed by atoms with van der Waals surface area (Å²) in [5.41, 5.74) is 2.14. The van der Waals surface area contributed by atoms with Crippen molar-refractivity contribution in [1.82, 2.24) is 24.3 Å². The molecule has 0 unspecified atom stereocenters. The minimum atomic E-state index is -0.751. The van der Waals surface area contributed by atoms with Gasteiger partial charge in [0.25, 0.3) is 5.56 Å². The van der Waals surface area contributed by atoms with E-state index in [0.717, 1.165) is 17.9 Å². The van der Waals surface area contributed by atoms with Crippen molar-refractivity contribution in [2.75, 3.05) is 11.9 Å². The highest BCUT2D eigenvalue weighted by Gasteiger charge is 2.17. The quantitative estimate of drug-likeness (QED) is 0.429. The second kappa shape index (κ2) is 9.51. The molecule has 0 aliphatic carbocycles. The molecule has 33 heavy (non-hydrogen) atoms. The molecule has 0 saturated heterocycles. The Kier molecular flexibility index (Phi) is 6.52. The molecule has 0 aliphatic rings. The summed E-state index contributed by atoms with van der Waals surface area (Å²) in [7, 11) is 1.83. The summed E-state index contributed by atoms with van der Waals surface area (Å²) >= 11 is 5.75. The van der Waals surface area contributed by atoms with Gasteiger partial charge in [0.15, 0.2) is 0 Å². The van der Waals surface area contributed by atoms with Gasteiger partial charge in [-0.05, 0) is 36.2 Å². The lowest BCUT2D eigenvalue weighted by Gasteiger charge is -2.18. The van der Waals surface area contributed by atoms with E-state index in [2.05, 4.69) is 20.4 Å². The lowest BCUT2D eigenvalue weighted by Crippen LogP contribution is -2.27. The average molecular weight is 469 g/mol. The minimum Gasteiger partial charge on any atom is -0.394 e. The van der Waals surface area contributed by atoms with Gasteiger partial charge in [-0.25, -0.2) is 14.4 Å². The molecule has 0 aliphatic heterocycles. The van der Waals surface area contributed by atoms with Gasteiger partial charge in [-0.15, -0.1) is 0 Å². The highest BCUT2D eigenvalue weighted by atomic mass is 35.5. The molecule has 2 N–H and O–H groups in total. The molecule has 0 fully saturated rings. The van der Waals surface area contributed by atoms with E-state index in [0.29, 0.717) is 22.8 Å². The van der Waals surface area contributed by atoms with Crippen LogP contribution in [0.3, 0.4) is 0 Å². The Morgan fingerprint density at radius 1 is 1.21 bits per heavy atom. The summed E-state index contributed by atoms with van der Waals surface area (Å²) in [6, 6.07) is 10.2. The van der Waals surface area contributed by atoms with Gasteiger partial charge in [0.1, 0.15) is 11.6 Å². The van der Waals surface area contributed by atoms with E-state index in [-0.39, 0.29) is 17.2 Å². The smallest absolute Gasteiger partial charge is 0.251 e. The number of benzene rings is 1. The number of hydrogen-bond donors (Lipinski definition) is 2. The first-order chi connectivity index (χ1) is 15.9. The van der Waals surface area contributed by atoms with Crippen molar-refractivity contribution < 1.29 is 9.50 Å². The summed E-state index contributed by atoms with van der Waals surface area (Å²) in [6.45, 7) is 1.64. The van der Waals surface area contributed by atoms with Crippen LogP contribution in [0.2, 0.25) is 5.02 Å². The SMILES string of the molecule is CCc1cc(Nc2nccc(-c3ccn([C@H](CO)c4ccc(Cl)c(F)c4)c(=O)c3)n2)n(C)n1. The van der Waals surface area contributed by atoms with Crippen molar-refractivity contribution in [3.05, 3.63) is 87.3 Å². The summed E-state index contributed by atoms with van der Waals surface area (Å²) in [6.07, 6.45) is 3.96. The fraction of sp³-hybridized carbons (Fsp3) is 0.217. The fourth-order valence-corrected chi connectivity index (χ4v) is 3.61. The van der Waals surface area contributed by atoms with E-state index in [1.165, 1.54) is 22.8 Å². The van der Waals surface area contributed by atoms with Gasteiger partial charge < -0.3 is 15.0 Å². The Morgan fingerprint density at radius 2 is 2.03 bits per heavy atom. The van der Waals surface area contributed by atoms with Gasteiger partial charge in [-0.2, -0.15) is 5.10 Å². The Morgan fingerprint density at radius 3 is 2.70 bits per heavy atom. The van der Waals surface area contributed by atoms with E-state index in [4.69, 9.17) is 11.6 Å². The van der Waals surface area contributed by atoms with Gasteiger partial charge in [-0.1, -0.05) is 24.6 Å². The summed E-state index contributed by atoms with van der Waals surface area (Å²) in [5, 5.41) is 17.4. The molecule has 8 nitrogen and oxygen atoms in total. The Balaban J connectivity index is 1.62. The number of halogens is 2. The van der Waals surface area contributed by atoms with E-state index in [9.17, 15) is 14.3 Å². The van der Waals surface area contributed by atoms with Crippen molar-refractivity contribution in [3.8, 4) is 11.3 Å². The van der Waals surface area contributed by atoms with Crippen LogP contribution in [-0.4, -0.2) is 36.0 Å². The molecule has 1 aromatic carbocycles. The summed E-state index contributed by atoms with van der Waals surface area (Å²) < 4.78 is 16.9. The topological polar surface area (TPSA) is 97.9 Å². The fourth-order valence-electron chi connectivity index (χ4n) is 3.49. The van der Waals surface area contributed by atoms with Crippen LogP contribution in [-0.2, 0) is 13.5 Å². The second-order valence-corrected chi connectivity index (χ2v) is 7.83. The van der Waals surface area contributed by atoms with E-state index < -0.39 is 11.9 Å². The predicted octanol–water partition coefficient (Wildman–Crippen LogP) is 3.72. The number of aromatic nitrogens is 5. The Hall–Kier alpha value is -3.56. The molecular weight excluding hydrogens is 447 g/mol. The molecule has 0 radical (unpaired) electrons. The minimum absolute atomic E-state index is 0.0247. The number of anilines is 2. The molecule has 4 rings (SSSR count). The van der Waals surface area contributed by atoms with Crippen molar-refractivity contribution in [3.63, 3.8) is 0 Å². The number of aliphatic hydroxyl groups excluding tert-OH is 1. The number of rotatable bonds is 7. The van der Waals surface area contributed by atoms with Crippen LogP contribution in [0.25, 0.3) is 11.3 Å². The number of pyridine rings is 1. The molecular formula is C23H22ClFN6O2. The summed E-state index contributed by atoms with van der Waals surface area (Å²) in [5.74, 6) is 0.505. The van der Waals surface area contributed by atoms with E-state index >= 15 is 0 Å². The zero-order valence-corrected chi connectivity index (χ0v) is 18.8. The molecule has 0 bridgehead atoms. The van der Waals surface area contributed by atoms with Gasteiger partial charge in [0.2, 0.25) is 5.95 Å². The number of nitrogens with one attached hydrogen (secondary N) is 1. The molecule has 0 saturated carbocycles. The van der Waals surface area contributed by atoms with Crippen molar-refractivity contribution in [2.45, 2.75) is 19.4 Å². The molecule has 1 atom stereocenters. The maximum atomic E-state index is 13.9. The Labute approximate surface area is 194 Å². The average Bonchev–Trinajstić information content (AvgIpc) is 3.17. The second-order valence-electron chi connectivity index (χ2n) is 7.42. The zero-order valence-electron chi connectivity index (χ0n) is 18.0. The van der Waals surface area contributed by atoms with Crippen LogP contribution < -0.4 is 10.9 Å². The zero-order chi connectivity index (χ0) is 23.5. The third kappa shape index (κ3) is 4.79. The third-order valence-corrected chi connectivity index (χ3v) is 5.58. The number of aryl methyl sites for hydroxylation is 2. The molecule has 3 heterocycles. The lowest BCUT2D eigenvalue weighted by molar-refractivity contribution is 0.247. The molecule has 0 spiro atoms. The first kappa shape index (κ1) is 22.6. The first-order valence-corrected chi connectivity index (χ1v) is 10.7. The van der Waals surface area contributed by atoms with Crippen LogP contribution in [0.4, 0.5) is 16.2 Å². The molecule has 10 heteroatoms. The molecule has 170 valence electrons. The molecule has 4 aromatic rings. The van der Waals surface area contributed by atoms with Crippen LogP contribution in [0.5, 0.6) is 0 Å². The predicted molar refractivity (Wildman–Crippen MR) is 124 cm³/mol. The molecule has 0 amide bonds. The van der Waals surface area contributed by atoms with Crippen molar-refractivity contribution in [1.29, 1.82) is 0 Å². The van der Waals surface area contributed by atoms with Gasteiger partial charge in [0.05, 0.1) is 29.1 Å². The van der Waals surface area contributed by atoms with Crippen LogP contribution in [0.15, 0.2) is 59.7 Å². The number of aliphatic hydroxyl groups is 1. The molecule has 3 aromatic heterocycles. The van der Waals surface area contributed by atoms with Crippen molar-refractivity contribution >= 4 is 23.4 Å². The van der Waals surface area contributed by atoms with E-state index in [1.807, 2.05) is 20.0 Å². The standard InChI is InChI=1S/C23H22ClFN6O2/c1-3-16-12-21(30(2)29-16)28-23-26-8-6-19(27-23)14-7-9-31(22(33)11-14)20(13-32)15-4-5-17(24)18(25)10-15/h4-12,20,32H,3,13H2,1-2H3,(H,26,27,28)/t20-/m1/s1. The largest absolute Gasteiger partial charge is 0.394 e. The number of hydrogen-bond acceptors (Lipinski definition) is 6. The maximum Gasteiger partial charge on any atom is 0.251 e. The van der Waals surface area contributed by atoms with Gasteiger partial charge >= 0.3 is 0 Å². The van der Waals surface area contributed by atoms with Gasteiger partial charge in [0, 0.05) is 37.1 Å². The van der Waals surface area contributed by atoms with Crippen molar-refractivity contribution in [2.24, 2.45) is 7.05 Å². The summed E-state index contributed by atoms with van der Waals surface area (Å²) in [4.78, 5) is 21.6. The van der Waals surface area contributed by atoms with E-state index in [1.54, 1.807) is 35.3 Å². The third-order valence-electron chi connectivity index (χ3n) is 5.27. The maximum absolute atomic E-state index is 13.9. The number of nitrogens with zero attached hydrogens (tertiary/aromatic N) is 5. The highest BCUT2D eigenvalue weighted by molar-refractivity contribution is 6.30. The lowest BCUT2D eigenvalue weighted by atomic mass is 10.1. The van der Waals surface area contributed by atoms with Crippen LogP contribution in [0.1, 0.15) is 24.2 Å². The van der Waals surface area contributed by atoms with Crippen LogP contribution in [0, 0.1) is 5.82 Å². The monoisotopic (exact) mass is 468 g/mol. The normalized spacial score (nSPS) is 12.0. The Bertz CT molecular complexity index is 1350. The van der Waals surface area contributed by atoms with Gasteiger partial charge in [-0.3, -0.25) is 9.48 Å². The van der Waals surface area contributed by atoms with Crippen LogP contribution >= 0.6 is 11.6 Å².